The summed E-state index contributed by atoms with van der Waals surface area (Å²) in [7, 11) is 0. The van der Waals surface area contributed by atoms with Gasteiger partial charge in [-0.25, -0.2) is 0 Å². The van der Waals surface area contributed by atoms with Gasteiger partial charge in [-0.05, 0) is 19.1 Å². The van der Waals surface area contributed by atoms with Crippen molar-refractivity contribution in [1.29, 1.82) is 0 Å². The van der Waals surface area contributed by atoms with Crippen molar-refractivity contribution in [2.75, 3.05) is 0 Å². The van der Waals surface area contributed by atoms with E-state index in [1.165, 1.54) is 0 Å². The predicted molar refractivity (Wildman–Crippen MR) is 56.2 cm³/mol. The van der Waals surface area contributed by atoms with E-state index in [1.807, 2.05) is 26.0 Å². The first-order chi connectivity index (χ1) is 6.15. The van der Waals surface area contributed by atoms with Crippen LogP contribution in [0, 0.1) is 0 Å². The smallest absolute Gasteiger partial charge is 0.164 e. The van der Waals surface area contributed by atoms with Gasteiger partial charge in [-0.15, -0.1) is 0 Å². The molecule has 1 aromatic rings. The molecule has 1 aromatic heterocycles. The summed E-state index contributed by atoms with van der Waals surface area (Å²) >= 11 is 3.41. The van der Waals surface area contributed by atoms with Crippen LogP contribution in [0.2, 0.25) is 0 Å². The van der Waals surface area contributed by atoms with Gasteiger partial charge < -0.3 is 0 Å². The maximum absolute atomic E-state index is 11.2. The summed E-state index contributed by atoms with van der Waals surface area (Å²) in [6.45, 7) is 3.85. The highest BCUT2D eigenvalue weighted by Gasteiger charge is 2.05. The number of hydrogen-bond acceptors (Lipinski definition) is 2. The van der Waals surface area contributed by atoms with E-state index in [0.717, 1.165) is 5.69 Å². The number of alkyl halides is 1. The van der Waals surface area contributed by atoms with Crippen LogP contribution in [-0.2, 0) is 0 Å². The SMILES string of the molecule is CCC(=O)c1ccc(C(C)Br)nc1. The first-order valence-electron chi connectivity index (χ1n) is 4.28. The summed E-state index contributed by atoms with van der Waals surface area (Å²) in [4.78, 5) is 15.7. The van der Waals surface area contributed by atoms with Gasteiger partial charge in [-0.3, -0.25) is 9.78 Å². The monoisotopic (exact) mass is 241 g/mol. The van der Waals surface area contributed by atoms with Crippen molar-refractivity contribution in [2.45, 2.75) is 25.1 Å². The molecular weight excluding hydrogens is 230 g/mol. The van der Waals surface area contributed by atoms with Crippen LogP contribution in [0.5, 0.6) is 0 Å². The van der Waals surface area contributed by atoms with Crippen LogP contribution in [0.4, 0.5) is 0 Å². The van der Waals surface area contributed by atoms with E-state index in [4.69, 9.17) is 0 Å². The lowest BCUT2D eigenvalue weighted by Crippen LogP contribution is -1.98. The molecule has 0 radical (unpaired) electrons. The number of halogens is 1. The van der Waals surface area contributed by atoms with Crippen LogP contribution in [0.3, 0.4) is 0 Å². The second-order valence-electron chi connectivity index (χ2n) is 2.86. The number of hydrogen-bond donors (Lipinski definition) is 0. The van der Waals surface area contributed by atoms with Crippen molar-refractivity contribution in [1.82, 2.24) is 4.98 Å². The van der Waals surface area contributed by atoms with Crippen LogP contribution in [0.25, 0.3) is 0 Å². The van der Waals surface area contributed by atoms with Crippen LogP contribution in [0.1, 0.15) is 41.1 Å². The second-order valence-corrected chi connectivity index (χ2v) is 4.24. The van der Waals surface area contributed by atoms with Crippen LogP contribution in [-0.4, -0.2) is 10.8 Å². The molecule has 0 N–H and O–H groups in total. The Labute approximate surface area is 86.5 Å². The van der Waals surface area contributed by atoms with Crippen LogP contribution < -0.4 is 0 Å². The molecule has 0 aliphatic rings. The van der Waals surface area contributed by atoms with Gasteiger partial charge >= 0.3 is 0 Å². The molecule has 0 amide bonds. The highest BCUT2D eigenvalue weighted by atomic mass is 79.9. The maximum atomic E-state index is 11.2. The molecule has 3 heteroatoms. The molecule has 1 atom stereocenters. The minimum absolute atomic E-state index is 0.140. The minimum Gasteiger partial charge on any atom is -0.294 e. The fourth-order valence-corrected chi connectivity index (χ4v) is 1.28. The maximum Gasteiger partial charge on any atom is 0.164 e. The molecule has 70 valence electrons. The van der Waals surface area contributed by atoms with Crippen molar-refractivity contribution >= 4 is 21.7 Å². The molecule has 0 saturated carbocycles. The Morgan fingerprint density at radius 2 is 2.31 bits per heavy atom. The summed E-state index contributed by atoms with van der Waals surface area (Å²) in [5.41, 5.74) is 1.65. The number of rotatable bonds is 3. The van der Waals surface area contributed by atoms with Gasteiger partial charge in [0.25, 0.3) is 0 Å². The molecule has 0 spiro atoms. The normalized spacial score (nSPS) is 12.5. The number of nitrogens with zero attached hydrogens (tertiary/aromatic N) is 1. The zero-order valence-corrected chi connectivity index (χ0v) is 9.34. The largest absolute Gasteiger partial charge is 0.294 e. The predicted octanol–water partition coefficient (Wildman–Crippen LogP) is 3.13. The molecule has 0 fully saturated rings. The number of ketones is 1. The molecule has 2 nitrogen and oxygen atoms in total. The lowest BCUT2D eigenvalue weighted by Gasteiger charge is -2.02. The molecule has 1 rings (SSSR count). The molecule has 1 heterocycles. The summed E-state index contributed by atoms with van der Waals surface area (Å²) < 4.78 is 0. The lowest BCUT2D eigenvalue weighted by molar-refractivity contribution is 0.0988. The van der Waals surface area contributed by atoms with Gasteiger partial charge in [-0.2, -0.15) is 0 Å². The third-order valence-corrected chi connectivity index (χ3v) is 2.31. The minimum atomic E-state index is 0.140. The molecule has 0 aliphatic carbocycles. The highest BCUT2D eigenvalue weighted by Crippen LogP contribution is 2.19. The Morgan fingerprint density at radius 3 is 2.69 bits per heavy atom. The fourth-order valence-electron chi connectivity index (χ4n) is 1.01. The lowest BCUT2D eigenvalue weighted by atomic mass is 10.1. The standard InChI is InChI=1S/C10H12BrNO/c1-3-10(13)8-4-5-9(7(2)11)12-6-8/h4-7H,3H2,1-2H3. The summed E-state index contributed by atoms with van der Waals surface area (Å²) in [5.74, 6) is 0.140. The van der Waals surface area contributed by atoms with Crippen LogP contribution >= 0.6 is 15.9 Å². The van der Waals surface area contributed by atoms with Crippen molar-refractivity contribution in [3.05, 3.63) is 29.6 Å². The first kappa shape index (κ1) is 10.4. The summed E-state index contributed by atoms with van der Waals surface area (Å²) in [5, 5.41) is 0. The molecular formula is C10H12BrNO. The van der Waals surface area contributed by atoms with Gasteiger partial charge in [0.2, 0.25) is 0 Å². The third-order valence-electron chi connectivity index (χ3n) is 1.84. The van der Waals surface area contributed by atoms with E-state index in [1.54, 1.807) is 6.20 Å². The van der Waals surface area contributed by atoms with E-state index in [-0.39, 0.29) is 10.6 Å². The second kappa shape index (κ2) is 4.51. The van der Waals surface area contributed by atoms with Gasteiger partial charge in [0, 0.05) is 18.2 Å². The number of carbonyl (C=O) groups is 1. The Hall–Kier alpha value is -0.700. The Kier molecular flexibility index (Phi) is 3.60. The van der Waals surface area contributed by atoms with Crippen molar-refractivity contribution in [2.24, 2.45) is 0 Å². The Bertz CT molecular complexity index is 292. The summed E-state index contributed by atoms with van der Waals surface area (Å²) in [6.07, 6.45) is 2.17. The van der Waals surface area contributed by atoms with E-state index in [2.05, 4.69) is 20.9 Å². The molecule has 0 aliphatic heterocycles. The third kappa shape index (κ3) is 2.62. The number of carbonyl (C=O) groups excluding carboxylic acids is 1. The van der Waals surface area contributed by atoms with E-state index < -0.39 is 0 Å². The number of pyridine rings is 1. The molecule has 0 saturated heterocycles. The number of aromatic nitrogens is 1. The van der Waals surface area contributed by atoms with Crippen molar-refractivity contribution in [3.8, 4) is 0 Å². The average molecular weight is 242 g/mol. The Morgan fingerprint density at radius 1 is 1.62 bits per heavy atom. The quantitative estimate of drug-likeness (QED) is 0.602. The van der Waals surface area contributed by atoms with Gasteiger partial charge in [0.05, 0.1) is 10.5 Å². The van der Waals surface area contributed by atoms with Crippen molar-refractivity contribution < 1.29 is 4.79 Å². The van der Waals surface area contributed by atoms with Gasteiger partial charge in [0.15, 0.2) is 5.78 Å². The van der Waals surface area contributed by atoms with E-state index in [9.17, 15) is 4.79 Å². The zero-order chi connectivity index (χ0) is 9.84. The average Bonchev–Trinajstić information content (AvgIpc) is 2.17. The van der Waals surface area contributed by atoms with E-state index in [0.29, 0.717) is 12.0 Å². The van der Waals surface area contributed by atoms with E-state index >= 15 is 0 Å². The molecule has 1 unspecified atom stereocenters. The molecule has 0 aromatic carbocycles. The Balaban J connectivity index is 2.87. The number of Topliss-reactive ketones (excluding diaryl/α,β-unsaturated/α-hetero) is 1. The van der Waals surface area contributed by atoms with Crippen LogP contribution in [0.15, 0.2) is 18.3 Å². The topological polar surface area (TPSA) is 30.0 Å². The zero-order valence-electron chi connectivity index (χ0n) is 7.75. The fraction of sp³-hybridized carbons (Fsp3) is 0.400. The van der Waals surface area contributed by atoms with Gasteiger partial charge in [0.1, 0.15) is 0 Å². The van der Waals surface area contributed by atoms with Crippen molar-refractivity contribution in [3.63, 3.8) is 0 Å². The highest BCUT2D eigenvalue weighted by molar-refractivity contribution is 9.09. The molecule has 0 bridgehead atoms. The summed E-state index contributed by atoms with van der Waals surface area (Å²) in [6, 6.07) is 3.70. The molecule has 13 heavy (non-hydrogen) atoms. The van der Waals surface area contributed by atoms with Gasteiger partial charge in [-0.1, -0.05) is 22.9 Å². The first-order valence-corrected chi connectivity index (χ1v) is 5.20.